The van der Waals surface area contributed by atoms with Gasteiger partial charge in [0.25, 0.3) is 0 Å². The van der Waals surface area contributed by atoms with Gasteiger partial charge in [0.2, 0.25) is 5.95 Å². The normalized spacial score (nSPS) is 22.3. The van der Waals surface area contributed by atoms with Gasteiger partial charge >= 0.3 is 0 Å². The lowest BCUT2D eigenvalue weighted by Crippen LogP contribution is -2.36. The van der Waals surface area contributed by atoms with E-state index in [2.05, 4.69) is 29.2 Å². The quantitative estimate of drug-likeness (QED) is 0.846. The van der Waals surface area contributed by atoms with Crippen molar-refractivity contribution in [3.63, 3.8) is 0 Å². The van der Waals surface area contributed by atoms with E-state index >= 15 is 0 Å². The van der Waals surface area contributed by atoms with Crippen molar-refractivity contribution in [3.05, 3.63) is 47.4 Å². The molecule has 4 rings (SSSR count). The standard InChI is InChI=1S/C17H18N4O2/c1-17(2)7-12-14(13(23)8-17)15(10-3-5-11(22)6-4-10)21-16(20-12)18-9-19-21/h3-6,9,15,22H,7-8H2,1-2H3,(H,18,19,20)/t15-/m0/s1. The minimum Gasteiger partial charge on any atom is -0.508 e. The fourth-order valence-corrected chi connectivity index (χ4v) is 3.51. The van der Waals surface area contributed by atoms with Crippen molar-refractivity contribution in [2.75, 3.05) is 5.32 Å². The highest BCUT2D eigenvalue weighted by Crippen LogP contribution is 2.45. The third-order valence-electron chi connectivity index (χ3n) is 4.48. The van der Waals surface area contributed by atoms with E-state index in [1.807, 2.05) is 12.1 Å². The zero-order valence-electron chi connectivity index (χ0n) is 13.1. The summed E-state index contributed by atoms with van der Waals surface area (Å²) in [4.78, 5) is 17.1. The Kier molecular flexibility index (Phi) is 2.85. The number of Topliss-reactive ketones (excluding diaryl/α,β-unsaturated/α-hetero) is 1. The van der Waals surface area contributed by atoms with Gasteiger partial charge in [-0.15, -0.1) is 0 Å². The number of aromatic nitrogens is 3. The number of nitrogens with zero attached hydrogens (tertiary/aromatic N) is 3. The minimum atomic E-state index is -0.298. The largest absolute Gasteiger partial charge is 0.508 e. The molecule has 0 radical (unpaired) electrons. The predicted octanol–water partition coefficient (Wildman–Crippen LogP) is 2.64. The number of carbonyl (C=O) groups excluding carboxylic acids is 1. The van der Waals surface area contributed by atoms with Crippen molar-refractivity contribution in [1.82, 2.24) is 14.8 Å². The summed E-state index contributed by atoms with van der Waals surface area (Å²) in [6, 6.07) is 6.62. The van der Waals surface area contributed by atoms with E-state index in [1.165, 1.54) is 6.33 Å². The summed E-state index contributed by atoms with van der Waals surface area (Å²) in [6.07, 6.45) is 2.81. The Balaban J connectivity index is 1.89. The van der Waals surface area contributed by atoms with Crippen LogP contribution in [0.1, 0.15) is 38.3 Å². The molecule has 23 heavy (non-hydrogen) atoms. The average molecular weight is 310 g/mol. The molecule has 0 fully saturated rings. The lowest BCUT2D eigenvalue weighted by Gasteiger charge is -2.38. The van der Waals surface area contributed by atoms with Crippen LogP contribution in [0.15, 0.2) is 41.9 Å². The number of rotatable bonds is 1. The molecule has 0 spiro atoms. The number of hydrogen-bond donors (Lipinski definition) is 2. The SMILES string of the molecule is CC1(C)CC(=O)C2=C(C1)Nc1ncnn1[C@H]2c1ccc(O)cc1. The molecule has 6 heteroatoms. The Labute approximate surface area is 133 Å². The number of hydrogen-bond acceptors (Lipinski definition) is 5. The average Bonchev–Trinajstić information content (AvgIpc) is 2.92. The molecule has 2 heterocycles. The number of allylic oxidation sites excluding steroid dienone is 2. The Bertz CT molecular complexity index is 817. The molecule has 0 saturated heterocycles. The van der Waals surface area contributed by atoms with Crippen LogP contribution < -0.4 is 5.32 Å². The van der Waals surface area contributed by atoms with E-state index in [4.69, 9.17) is 0 Å². The summed E-state index contributed by atoms with van der Waals surface area (Å²) in [5.41, 5.74) is 2.54. The highest BCUT2D eigenvalue weighted by Gasteiger charge is 2.41. The smallest absolute Gasteiger partial charge is 0.226 e. The lowest BCUT2D eigenvalue weighted by molar-refractivity contribution is -0.118. The van der Waals surface area contributed by atoms with E-state index < -0.39 is 0 Å². The first kappa shape index (κ1) is 14.0. The molecular formula is C17H18N4O2. The van der Waals surface area contributed by atoms with Crippen LogP contribution in [0.2, 0.25) is 0 Å². The first-order valence-corrected chi connectivity index (χ1v) is 7.66. The number of ketones is 1. The van der Waals surface area contributed by atoms with Gasteiger partial charge in [0, 0.05) is 17.7 Å². The van der Waals surface area contributed by atoms with Gasteiger partial charge in [0.1, 0.15) is 18.1 Å². The number of benzene rings is 1. The topological polar surface area (TPSA) is 80.0 Å². The molecule has 0 saturated carbocycles. The molecule has 0 bridgehead atoms. The molecule has 0 unspecified atom stereocenters. The summed E-state index contributed by atoms with van der Waals surface area (Å²) in [7, 11) is 0. The maximum atomic E-state index is 12.8. The van der Waals surface area contributed by atoms with Gasteiger partial charge in [-0.3, -0.25) is 4.79 Å². The maximum Gasteiger partial charge on any atom is 0.226 e. The zero-order valence-corrected chi connectivity index (χ0v) is 13.1. The van der Waals surface area contributed by atoms with Crippen molar-refractivity contribution in [2.45, 2.75) is 32.7 Å². The van der Waals surface area contributed by atoms with E-state index in [1.54, 1.807) is 16.8 Å². The molecule has 6 nitrogen and oxygen atoms in total. The molecule has 1 atom stereocenters. The van der Waals surface area contributed by atoms with Gasteiger partial charge < -0.3 is 10.4 Å². The Morgan fingerprint density at radius 2 is 2.00 bits per heavy atom. The summed E-state index contributed by atoms with van der Waals surface area (Å²) in [5, 5.41) is 17.1. The van der Waals surface area contributed by atoms with Gasteiger partial charge in [0.05, 0.1) is 0 Å². The molecular weight excluding hydrogens is 292 g/mol. The number of aromatic hydroxyl groups is 1. The van der Waals surface area contributed by atoms with Crippen LogP contribution in [-0.4, -0.2) is 25.7 Å². The second-order valence-corrected chi connectivity index (χ2v) is 6.98. The van der Waals surface area contributed by atoms with Crippen LogP contribution in [0.4, 0.5) is 5.95 Å². The fourth-order valence-electron chi connectivity index (χ4n) is 3.51. The molecule has 2 aromatic rings. The Hall–Kier alpha value is -2.63. The molecule has 1 aliphatic carbocycles. The van der Waals surface area contributed by atoms with E-state index in [0.29, 0.717) is 12.4 Å². The van der Waals surface area contributed by atoms with Crippen LogP contribution >= 0.6 is 0 Å². The predicted molar refractivity (Wildman–Crippen MR) is 84.9 cm³/mol. The first-order chi connectivity index (χ1) is 10.9. The number of phenolic OH excluding ortho intramolecular Hbond substituents is 1. The number of fused-ring (bicyclic) bond motifs is 1. The van der Waals surface area contributed by atoms with Gasteiger partial charge in [-0.1, -0.05) is 26.0 Å². The van der Waals surface area contributed by atoms with E-state index in [9.17, 15) is 9.90 Å². The number of anilines is 1. The Morgan fingerprint density at radius 1 is 1.26 bits per heavy atom. The maximum absolute atomic E-state index is 12.8. The molecule has 1 aliphatic heterocycles. The summed E-state index contributed by atoms with van der Waals surface area (Å²) >= 11 is 0. The van der Waals surface area contributed by atoms with Crippen molar-refractivity contribution >= 4 is 11.7 Å². The van der Waals surface area contributed by atoms with Crippen molar-refractivity contribution < 1.29 is 9.90 Å². The number of carbonyl (C=O) groups is 1. The summed E-state index contributed by atoms with van der Waals surface area (Å²) in [5.74, 6) is 0.988. The summed E-state index contributed by atoms with van der Waals surface area (Å²) < 4.78 is 1.74. The third-order valence-corrected chi connectivity index (χ3v) is 4.48. The minimum absolute atomic E-state index is 0.0649. The molecule has 1 aromatic carbocycles. The monoisotopic (exact) mass is 310 g/mol. The van der Waals surface area contributed by atoms with Crippen LogP contribution in [0, 0.1) is 5.41 Å². The number of phenols is 1. The molecule has 2 aliphatic rings. The highest BCUT2D eigenvalue weighted by atomic mass is 16.3. The number of nitrogens with one attached hydrogen (secondary N) is 1. The van der Waals surface area contributed by atoms with Crippen LogP contribution in [-0.2, 0) is 4.79 Å². The molecule has 2 N–H and O–H groups in total. The summed E-state index contributed by atoms with van der Waals surface area (Å²) in [6.45, 7) is 4.20. The van der Waals surface area contributed by atoms with Gasteiger partial charge in [-0.05, 0) is 29.5 Å². The second kappa shape index (κ2) is 4.68. The van der Waals surface area contributed by atoms with Crippen molar-refractivity contribution in [2.24, 2.45) is 5.41 Å². The molecule has 0 amide bonds. The highest BCUT2D eigenvalue weighted by molar-refractivity contribution is 6.00. The van der Waals surface area contributed by atoms with Gasteiger partial charge in [-0.25, -0.2) is 4.68 Å². The second-order valence-electron chi connectivity index (χ2n) is 6.98. The molecule has 1 aromatic heterocycles. The van der Waals surface area contributed by atoms with Crippen molar-refractivity contribution in [3.8, 4) is 5.75 Å². The lowest BCUT2D eigenvalue weighted by atomic mass is 9.73. The third kappa shape index (κ3) is 2.21. The first-order valence-electron chi connectivity index (χ1n) is 7.66. The van der Waals surface area contributed by atoms with Gasteiger partial charge in [0.15, 0.2) is 5.78 Å². The fraction of sp³-hybridized carbons (Fsp3) is 0.353. The van der Waals surface area contributed by atoms with E-state index in [0.717, 1.165) is 23.3 Å². The van der Waals surface area contributed by atoms with E-state index in [-0.39, 0.29) is 23.0 Å². The Morgan fingerprint density at radius 3 is 2.74 bits per heavy atom. The van der Waals surface area contributed by atoms with Crippen molar-refractivity contribution in [1.29, 1.82) is 0 Å². The van der Waals surface area contributed by atoms with Crippen LogP contribution in [0.25, 0.3) is 0 Å². The van der Waals surface area contributed by atoms with Gasteiger partial charge in [-0.2, -0.15) is 10.1 Å². The molecule has 118 valence electrons. The zero-order chi connectivity index (χ0) is 16.2. The van der Waals surface area contributed by atoms with Crippen LogP contribution in [0.5, 0.6) is 5.75 Å². The van der Waals surface area contributed by atoms with Crippen LogP contribution in [0.3, 0.4) is 0 Å².